The maximum absolute atomic E-state index is 6.92. The molecule has 2 aromatic rings. The fraction of sp³-hybridized carbons (Fsp3) is 0.500. The lowest BCUT2D eigenvalue weighted by Crippen LogP contribution is -2.45. The van der Waals surface area contributed by atoms with Gasteiger partial charge in [0.25, 0.3) is 0 Å². The van der Waals surface area contributed by atoms with E-state index in [0.717, 1.165) is 70.3 Å². The number of piperazine rings is 1. The molecule has 4 rings (SSSR count). The Bertz CT molecular complexity index is 848. The molecule has 0 atom stereocenters. The Morgan fingerprint density at radius 3 is 2.50 bits per heavy atom. The van der Waals surface area contributed by atoms with Crippen molar-refractivity contribution in [3.05, 3.63) is 47.5 Å². The molecular formula is C24H36N6O2. The number of hydrogen-bond donors (Lipinski definition) is 2. The van der Waals surface area contributed by atoms with E-state index in [2.05, 4.69) is 26.7 Å². The predicted octanol–water partition coefficient (Wildman–Crippen LogP) is 2.12. The Morgan fingerprint density at radius 1 is 1.09 bits per heavy atom. The van der Waals surface area contributed by atoms with Gasteiger partial charge in [0.1, 0.15) is 12.4 Å². The molecule has 3 N–H and O–H groups in total. The minimum atomic E-state index is 0.503. The third-order valence-electron chi connectivity index (χ3n) is 5.64. The van der Waals surface area contributed by atoms with Crippen molar-refractivity contribution in [1.82, 2.24) is 14.8 Å². The van der Waals surface area contributed by atoms with E-state index in [9.17, 15) is 0 Å². The van der Waals surface area contributed by atoms with Crippen molar-refractivity contribution in [2.45, 2.75) is 6.92 Å². The fourth-order valence-corrected chi connectivity index (χ4v) is 3.70. The largest absolute Gasteiger partial charge is 0.476 e. The van der Waals surface area contributed by atoms with Crippen LogP contribution in [0.2, 0.25) is 0 Å². The second-order valence-corrected chi connectivity index (χ2v) is 8.24. The lowest BCUT2D eigenvalue weighted by atomic mass is 10.2. The van der Waals surface area contributed by atoms with Gasteiger partial charge in [-0.05, 0) is 19.5 Å². The number of nitrogens with zero attached hydrogens (tertiary/aromatic N) is 4. The maximum Gasteiger partial charge on any atom is 0.217 e. The first kappa shape index (κ1) is 24.0. The zero-order chi connectivity index (χ0) is 22.8. The van der Waals surface area contributed by atoms with E-state index in [1.165, 1.54) is 11.8 Å². The summed E-state index contributed by atoms with van der Waals surface area (Å²) >= 11 is 0. The van der Waals surface area contributed by atoms with Gasteiger partial charge in [0.05, 0.1) is 13.2 Å². The number of aromatic nitrogens is 1. The minimum Gasteiger partial charge on any atom is -0.476 e. The first-order valence-corrected chi connectivity index (χ1v) is 11.2. The molecule has 0 aliphatic carbocycles. The van der Waals surface area contributed by atoms with Crippen molar-refractivity contribution < 1.29 is 9.47 Å². The molecule has 0 amide bonds. The Morgan fingerprint density at radius 2 is 1.84 bits per heavy atom. The van der Waals surface area contributed by atoms with E-state index in [4.69, 9.17) is 20.6 Å². The van der Waals surface area contributed by atoms with Gasteiger partial charge in [-0.25, -0.2) is 0 Å². The molecule has 2 aliphatic heterocycles. The van der Waals surface area contributed by atoms with Crippen LogP contribution in [0.15, 0.2) is 36.4 Å². The Labute approximate surface area is 191 Å². The van der Waals surface area contributed by atoms with E-state index < -0.39 is 0 Å². The Hall–Kier alpha value is -2.68. The molecule has 2 saturated heterocycles. The van der Waals surface area contributed by atoms with Crippen LogP contribution in [0.1, 0.15) is 11.1 Å². The molecular weight excluding hydrogens is 404 g/mol. The van der Waals surface area contributed by atoms with Crippen molar-refractivity contribution in [2.75, 3.05) is 83.3 Å². The number of aryl methyl sites for hydroxylation is 1. The van der Waals surface area contributed by atoms with Crippen LogP contribution in [-0.2, 0) is 4.74 Å². The highest BCUT2D eigenvalue weighted by molar-refractivity contribution is 5.76. The summed E-state index contributed by atoms with van der Waals surface area (Å²) in [7, 11) is 2.16. The number of anilines is 2. The van der Waals surface area contributed by atoms with Gasteiger partial charge in [-0.2, -0.15) is 4.98 Å². The topological polar surface area (TPSA) is 90.9 Å². The van der Waals surface area contributed by atoms with Crippen LogP contribution in [-0.4, -0.2) is 93.7 Å². The highest BCUT2D eigenvalue weighted by Gasteiger charge is 2.15. The van der Waals surface area contributed by atoms with E-state index in [0.29, 0.717) is 18.3 Å². The summed E-state index contributed by atoms with van der Waals surface area (Å²) < 4.78 is 11.2. The second-order valence-electron chi connectivity index (χ2n) is 8.24. The summed E-state index contributed by atoms with van der Waals surface area (Å²) in [6.45, 7) is 11.3. The van der Waals surface area contributed by atoms with Crippen molar-refractivity contribution in [3.63, 3.8) is 0 Å². The van der Waals surface area contributed by atoms with Crippen molar-refractivity contribution in [1.29, 1.82) is 5.41 Å². The van der Waals surface area contributed by atoms with Gasteiger partial charge in [0, 0.05) is 69.8 Å². The number of morpholine rings is 1. The number of nitrogen functional groups attached to an aromatic ring is 1. The Balaban J connectivity index is 0.000000269. The maximum atomic E-state index is 6.92. The van der Waals surface area contributed by atoms with Crippen LogP contribution in [0.3, 0.4) is 0 Å². The van der Waals surface area contributed by atoms with Crippen LogP contribution in [0.4, 0.5) is 11.5 Å². The van der Waals surface area contributed by atoms with Gasteiger partial charge in [-0.3, -0.25) is 4.90 Å². The monoisotopic (exact) mass is 440 g/mol. The Kier molecular flexibility index (Phi) is 9.27. The summed E-state index contributed by atoms with van der Waals surface area (Å²) in [5.74, 6) is 1.12. The molecule has 1 aromatic carbocycles. The van der Waals surface area contributed by atoms with Crippen molar-refractivity contribution in [2.24, 2.45) is 0 Å². The zero-order valence-electron chi connectivity index (χ0n) is 19.3. The number of benzene rings is 1. The van der Waals surface area contributed by atoms with E-state index in [1.54, 1.807) is 0 Å². The van der Waals surface area contributed by atoms with E-state index >= 15 is 0 Å². The summed E-state index contributed by atoms with van der Waals surface area (Å²) in [5, 5.41) is 6.92. The number of rotatable bonds is 6. The third kappa shape index (κ3) is 7.78. The van der Waals surface area contributed by atoms with Gasteiger partial charge >= 0.3 is 0 Å². The molecule has 1 aromatic heterocycles. The van der Waals surface area contributed by atoms with Crippen molar-refractivity contribution >= 4 is 17.7 Å². The number of pyridine rings is 1. The van der Waals surface area contributed by atoms with Crippen LogP contribution < -0.4 is 15.4 Å². The molecule has 0 saturated carbocycles. The average Bonchev–Trinajstić information content (AvgIpc) is 2.81. The molecule has 2 fully saturated rings. The molecule has 0 radical (unpaired) electrons. The van der Waals surface area contributed by atoms with Gasteiger partial charge in [-0.15, -0.1) is 0 Å². The summed E-state index contributed by atoms with van der Waals surface area (Å²) in [5.41, 5.74) is 9.17. The SMILES string of the molecule is CN1CCN(CCOc2cc(N3CCOCC3)cc(N)n2)CC1.Cc1cccc(C=N)c1. The first-order chi connectivity index (χ1) is 15.5. The molecule has 8 heteroatoms. The summed E-state index contributed by atoms with van der Waals surface area (Å²) in [6.07, 6.45) is 1.35. The molecule has 2 aliphatic rings. The van der Waals surface area contributed by atoms with E-state index in [-0.39, 0.29) is 0 Å². The van der Waals surface area contributed by atoms with Crippen LogP contribution in [0.25, 0.3) is 0 Å². The number of nitrogens with one attached hydrogen (secondary N) is 1. The minimum absolute atomic E-state index is 0.503. The molecule has 0 bridgehead atoms. The molecule has 0 spiro atoms. The number of likely N-dealkylation sites (N-methyl/N-ethyl adjacent to an activating group) is 1. The summed E-state index contributed by atoms with van der Waals surface area (Å²) in [4.78, 5) is 11.3. The molecule has 32 heavy (non-hydrogen) atoms. The van der Waals surface area contributed by atoms with Gasteiger partial charge in [0.2, 0.25) is 5.88 Å². The second kappa shape index (κ2) is 12.4. The van der Waals surface area contributed by atoms with Crippen LogP contribution >= 0.6 is 0 Å². The highest BCUT2D eigenvalue weighted by Crippen LogP contribution is 2.23. The molecule has 174 valence electrons. The van der Waals surface area contributed by atoms with Crippen molar-refractivity contribution in [3.8, 4) is 5.88 Å². The summed E-state index contributed by atoms with van der Waals surface area (Å²) in [6, 6.07) is 11.8. The predicted molar refractivity (Wildman–Crippen MR) is 130 cm³/mol. The highest BCUT2D eigenvalue weighted by atomic mass is 16.5. The number of ether oxygens (including phenoxy) is 2. The normalized spacial score (nSPS) is 17.4. The van der Waals surface area contributed by atoms with Gasteiger partial charge < -0.3 is 30.4 Å². The van der Waals surface area contributed by atoms with Crippen LogP contribution in [0, 0.1) is 12.3 Å². The average molecular weight is 441 g/mol. The lowest BCUT2D eigenvalue weighted by Gasteiger charge is -2.32. The van der Waals surface area contributed by atoms with E-state index in [1.807, 2.05) is 43.3 Å². The van der Waals surface area contributed by atoms with Crippen LogP contribution in [0.5, 0.6) is 5.88 Å². The third-order valence-corrected chi connectivity index (χ3v) is 5.64. The standard InChI is InChI=1S/C16H27N5O2.C8H9N/c1-19-2-4-20(5-3-19)6-11-23-16-13-14(12-15(17)18-16)21-7-9-22-10-8-21;1-7-3-2-4-8(5-7)6-9/h12-13H,2-11H2,1H3,(H2,17,18);2-6,9H,1H3. The molecule has 3 heterocycles. The smallest absolute Gasteiger partial charge is 0.217 e. The van der Waals surface area contributed by atoms with Gasteiger partial charge in [-0.1, -0.05) is 29.8 Å². The zero-order valence-corrected chi connectivity index (χ0v) is 19.3. The van der Waals surface area contributed by atoms with Gasteiger partial charge in [0.15, 0.2) is 0 Å². The molecule has 0 unspecified atom stereocenters. The number of hydrogen-bond acceptors (Lipinski definition) is 8. The first-order valence-electron chi connectivity index (χ1n) is 11.2. The lowest BCUT2D eigenvalue weighted by molar-refractivity contribution is 0.122. The number of nitrogens with two attached hydrogens (primary N) is 1. The molecule has 8 nitrogen and oxygen atoms in total. The fourth-order valence-electron chi connectivity index (χ4n) is 3.70. The quantitative estimate of drug-likeness (QED) is 0.665.